The number of hydrogen-bond acceptors (Lipinski definition) is 0. The molecule has 2 aliphatic carbocycles. The van der Waals surface area contributed by atoms with Gasteiger partial charge in [0, 0.05) is 0 Å². The van der Waals surface area contributed by atoms with Gasteiger partial charge in [-0.3, -0.25) is 0 Å². The van der Waals surface area contributed by atoms with Gasteiger partial charge in [-0.2, -0.15) is 0 Å². The van der Waals surface area contributed by atoms with Crippen molar-refractivity contribution in [1.82, 2.24) is 0 Å². The van der Waals surface area contributed by atoms with E-state index in [-0.39, 0.29) is 0 Å². The summed E-state index contributed by atoms with van der Waals surface area (Å²) in [6.07, 6.45) is 10.0. The van der Waals surface area contributed by atoms with Crippen molar-refractivity contribution in [1.29, 1.82) is 0 Å². The summed E-state index contributed by atoms with van der Waals surface area (Å²) < 4.78 is 0. The first-order valence-electron chi connectivity index (χ1n) is 5.48. The lowest BCUT2D eigenvalue weighted by molar-refractivity contribution is 0.379. The van der Waals surface area contributed by atoms with E-state index in [0.717, 1.165) is 5.92 Å². The Morgan fingerprint density at radius 1 is 1.38 bits per heavy atom. The van der Waals surface area contributed by atoms with Gasteiger partial charge in [0.05, 0.1) is 0 Å². The maximum atomic E-state index is 2.39. The lowest BCUT2D eigenvalue weighted by Crippen LogP contribution is -2.22. The Kier molecular flexibility index (Phi) is 2.09. The molecule has 0 amide bonds. The summed E-state index contributed by atoms with van der Waals surface area (Å²) in [7, 11) is 0. The molecule has 0 heterocycles. The van der Waals surface area contributed by atoms with Crippen molar-refractivity contribution >= 4 is 0 Å². The maximum Gasteiger partial charge on any atom is -0.0104 e. The van der Waals surface area contributed by atoms with Gasteiger partial charge in [-0.05, 0) is 42.6 Å². The third-order valence-electron chi connectivity index (χ3n) is 3.61. The van der Waals surface area contributed by atoms with Crippen LogP contribution in [0.5, 0.6) is 0 Å². The Balaban J connectivity index is 2.33. The number of rotatable bonds is 0. The van der Waals surface area contributed by atoms with E-state index >= 15 is 0 Å². The molecule has 0 fully saturated rings. The van der Waals surface area contributed by atoms with Gasteiger partial charge in [-0.25, -0.2) is 0 Å². The summed E-state index contributed by atoms with van der Waals surface area (Å²) in [5.74, 6) is 0.900. The van der Waals surface area contributed by atoms with Crippen molar-refractivity contribution in [3.63, 3.8) is 0 Å². The highest BCUT2D eigenvalue weighted by Crippen LogP contribution is 2.44. The molecule has 0 aromatic rings. The van der Waals surface area contributed by atoms with Gasteiger partial charge in [0.15, 0.2) is 0 Å². The molecule has 0 aromatic carbocycles. The standard InChI is InChI=1S/C13H20/c1-10-6-7-12-11(9-10)5-4-8-13(12,2)3/h4-5,10H,6-9H2,1-3H3. The lowest BCUT2D eigenvalue weighted by Gasteiger charge is -2.36. The first-order chi connectivity index (χ1) is 6.09. The fourth-order valence-corrected chi connectivity index (χ4v) is 2.71. The van der Waals surface area contributed by atoms with E-state index in [4.69, 9.17) is 0 Å². The molecular weight excluding hydrogens is 156 g/mol. The first kappa shape index (κ1) is 9.05. The van der Waals surface area contributed by atoms with Gasteiger partial charge in [0.2, 0.25) is 0 Å². The molecule has 0 heteroatoms. The maximum absolute atomic E-state index is 2.39. The zero-order chi connectivity index (χ0) is 9.47. The highest BCUT2D eigenvalue weighted by Gasteiger charge is 2.29. The molecule has 2 aliphatic rings. The van der Waals surface area contributed by atoms with E-state index in [1.54, 1.807) is 11.1 Å². The molecule has 0 nitrogen and oxygen atoms in total. The van der Waals surface area contributed by atoms with Crippen LogP contribution in [-0.4, -0.2) is 0 Å². The molecule has 0 spiro atoms. The van der Waals surface area contributed by atoms with E-state index in [1.165, 1.54) is 25.7 Å². The fourth-order valence-electron chi connectivity index (χ4n) is 2.71. The van der Waals surface area contributed by atoms with Gasteiger partial charge in [0.25, 0.3) is 0 Å². The van der Waals surface area contributed by atoms with E-state index in [9.17, 15) is 0 Å². The molecule has 0 saturated heterocycles. The first-order valence-corrected chi connectivity index (χ1v) is 5.48. The summed E-state index contributed by atoms with van der Waals surface area (Å²) in [5, 5.41) is 0. The van der Waals surface area contributed by atoms with Crippen LogP contribution >= 0.6 is 0 Å². The van der Waals surface area contributed by atoms with Gasteiger partial charge >= 0.3 is 0 Å². The molecule has 13 heavy (non-hydrogen) atoms. The summed E-state index contributed by atoms with van der Waals surface area (Å²) >= 11 is 0. The second-order valence-corrected chi connectivity index (χ2v) is 5.34. The summed E-state index contributed by atoms with van der Waals surface area (Å²) in [6.45, 7) is 7.16. The van der Waals surface area contributed by atoms with Crippen LogP contribution in [-0.2, 0) is 0 Å². The molecule has 0 bridgehead atoms. The normalized spacial score (nSPS) is 31.8. The topological polar surface area (TPSA) is 0 Å². The minimum absolute atomic E-state index is 0.449. The highest BCUT2D eigenvalue weighted by atomic mass is 14.3. The third kappa shape index (κ3) is 1.59. The van der Waals surface area contributed by atoms with Crippen molar-refractivity contribution in [2.45, 2.75) is 46.5 Å². The van der Waals surface area contributed by atoms with Crippen molar-refractivity contribution in [3.05, 3.63) is 23.3 Å². The van der Waals surface area contributed by atoms with Crippen LogP contribution in [0.25, 0.3) is 0 Å². The van der Waals surface area contributed by atoms with Crippen molar-refractivity contribution in [2.75, 3.05) is 0 Å². The summed E-state index contributed by atoms with van der Waals surface area (Å²) in [6, 6.07) is 0. The summed E-state index contributed by atoms with van der Waals surface area (Å²) in [5.41, 5.74) is 3.84. The fraction of sp³-hybridized carbons (Fsp3) is 0.692. The second kappa shape index (κ2) is 3.01. The van der Waals surface area contributed by atoms with E-state index in [1.807, 2.05) is 0 Å². The van der Waals surface area contributed by atoms with Gasteiger partial charge in [0.1, 0.15) is 0 Å². The SMILES string of the molecule is CC1CCC2=C(C=CCC2(C)C)C1. The van der Waals surface area contributed by atoms with Crippen LogP contribution in [0.3, 0.4) is 0 Å². The Hall–Kier alpha value is -0.520. The molecule has 1 unspecified atom stereocenters. The van der Waals surface area contributed by atoms with Crippen LogP contribution in [0.1, 0.15) is 46.5 Å². The van der Waals surface area contributed by atoms with Gasteiger partial charge in [-0.15, -0.1) is 0 Å². The molecular formula is C13H20. The summed E-state index contributed by atoms with van der Waals surface area (Å²) in [4.78, 5) is 0. The zero-order valence-electron chi connectivity index (χ0n) is 9.06. The largest absolute Gasteiger partial charge is 0.0834 e. The zero-order valence-corrected chi connectivity index (χ0v) is 9.06. The Bertz CT molecular complexity index is 266. The predicted molar refractivity (Wildman–Crippen MR) is 57.6 cm³/mol. The molecule has 0 saturated carbocycles. The molecule has 1 atom stereocenters. The van der Waals surface area contributed by atoms with Crippen LogP contribution < -0.4 is 0 Å². The van der Waals surface area contributed by atoms with Crippen LogP contribution in [0.4, 0.5) is 0 Å². The van der Waals surface area contributed by atoms with E-state index in [2.05, 4.69) is 32.9 Å². The quantitative estimate of drug-likeness (QED) is 0.521. The third-order valence-corrected chi connectivity index (χ3v) is 3.61. The molecule has 0 aliphatic heterocycles. The second-order valence-electron chi connectivity index (χ2n) is 5.34. The van der Waals surface area contributed by atoms with E-state index in [0.29, 0.717) is 5.41 Å². The Morgan fingerprint density at radius 3 is 2.92 bits per heavy atom. The monoisotopic (exact) mass is 176 g/mol. The smallest absolute Gasteiger partial charge is 0.0104 e. The minimum atomic E-state index is 0.449. The van der Waals surface area contributed by atoms with Crippen molar-refractivity contribution in [2.24, 2.45) is 11.3 Å². The molecule has 72 valence electrons. The molecule has 0 aromatic heterocycles. The van der Waals surface area contributed by atoms with E-state index < -0.39 is 0 Å². The van der Waals surface area contributed by atoms with Gasteiger partial charge in [-0.1, -0.05) is 38.5 Å². The lowest BCUT2D eigenvalue weighted by atomic mass is 9.69. The average Bonchev–Trinajstić information content (AvgIpc) is 2.02. The number of allylic oxidation sites excluding steroid dienone is 4. The van der Waals surface area contributed by atoms with Crippen LogP contribution in [0.2, 0.25) is 0 Å². The number of hydrogen-bond donors (Lipinski definition) is 0. The predicted octanol–water partition coefficient (Wildman–Crippen LogP) is 4.09. The van der Waals surface area contributed by atoms with Crippen molar-refractivity contribution < 1.29 is 0 Å². The van der Waals surface area contributed by atoms with Gasteiger partial charge < -0.3 is 0 Å². The molecule has 2 rings (SSSR count). The Labute approximate surface area is 81.7 Å². The highest BCUT2D eigenvalue weighted by molar-refractivity contribution is 5.36. The minimum Gasteiger partial charge on any atom is -0.0834 e. The van der Waals surface area contributed by atoms with Crippen LogP contribution in [0.15, 0.2) is 23.3 Å². The Morgan fingerprint density at radius 2 is 2.15 bits per heavy atom. The average molecular weight is 176 g/mol. The molecule has 0 N–H and O–H groups in total. The molecule has 0 radical (unpaired) electrons. The van der Waals surface area contributed by atoms with Crippen molar-refractivity contribution in [3.8, 4) is 0 Å². The van der Waals surface area contributed by atoms with Crippen LogP contribution in [0, 0.1) is 11.3 Å².